The first-order chi connectivity index (χ1) is 21.7. The predicted octanol–water partition coefficient (Wildman–Crippen LogP) is 6.85. The quantitative estimate of drug-likeness (QED) is 0.255. The van der Waals surface area contributed by atoms with Gasteiger partial charge in [0.25, 0.3) is 0 Å². The van der Waals surface area contributed by atoms with Crippen molar-refractivity contribution in [2.45, 2.75) is 56.3 Å². The minimum Gasteiger partial charge on any atom is -0.491 e. The summed E-state index contributed by atoms with van der Waals surface area (Å²) in [5.41, 5.74) is 5.76. The predicted molar refractivity (Wildman–Crippen MR) is 168 cm³/mol. The van der Waals surface area contributed by atoms with Gasteiger partial charge in [0, 0.05) is 42.9 Å². The van der Waals surface area contributed by atoms with E-state index in [4.69, 9.17) is 31.8 Å². The molecule has 0 bridgehead atoms. The molecule has 3 aliphatic heterocycles. The monoisotopic (exact) mass is 654 g/mol. The molecule has 2 unspecified atom stereocenters. The van der Waals surface area contributed by atoms with E-state index in [1.807, 2.05) is 18.0 Å². The maximum atomic E-state index is 17.1. The number of aromatic nitrogens is 2. The van der Waals surface area contributed by atoms with Crippen molar-refractivity contribution in [2.75, 3.05) is 44.0 Å². The second-order valence-electron chi connectivity index (χ2n) is 12.7. The topological polar surface area (TPSA) is 101 Å². The van der Waals surface area contributed by atoms with Crippen LogP contribution in [0.5, 0.6) is 11.8 Å². The summed E-state index contributed by atoms with van der Waals surface area (Å²) in [5, 5.41) is 10.5. The number of thiophene rings is 1. The maximum absolute atomic E-state index is 17.1. The van der Waals surface area contributed by atoms with Crippen LogP contribution >= 0.6 is 22.9 Å². The molecule has 0 spiro atoms. The standard InChI is InChI=1S/C32H30ClF3N6O2S/c1-41-20-5-2-4-15(20)13-43-27-23-26(39-31(40-30(23)41)44-14-32-8-3-9-42(32)12-16(34)10-32)25(36)22(24(27)33)17-6-7-19(35)28-21(17)18(11-37)29(38)45-28/h6-7,15-16,20H,2-5,8-10,12-14,38H2,1H3/t15?,16-,20?,32+/m1/s1. The van der Waals surface area contributed by atoms with Crippen molar-refractivity contribution in [2.24, 2.45) is 5.92 Å². The molecule has 0 amide bonds. The van der Waals surface area contributed by atoms with Crippen LogP contribution in [0.2, 0.25) is 5.02 Å². The number of benzene rings is 2. The molecule has 8 rings (SSSR count). The van der Waals surface area contributed by atoms with Gasteiger partial charge < -0.3 is 20.1 Å². The summed E-state index contributed by atoms with van der Waals surface area (Å²) in [5.74, 6) is -0.511. The van der Waals surface area contributed by atoms with Gasteiger partial charge in [-0.3, -0.25) is 4.90 Å². The molecule has 5 heterocycles. The number of rotatable bonds is 4. The number of ether oxygens (including phenoxy) is 2. The molecule has 2 N–H and O–H groups in total. The highest BCUT2D eigenvalue weighted by atomic mass is 35.5. The summed E-state index contributed by atoms with van der Waals surface area (Å²) in [4.78, 5) is 13.6. The highest BCUT2D eigenvalue weighted by Gasteiger charge is 2.49. The summed E-state index contributed by atoms with van der Waals surface area (Å²) >= 11 is 7.96. The lowest BCUT2D eigenvalue weighted by Crippen LogP contribution is -2.43. The largest absolute Gasteiger partial charge is 0.491 e. The van der Waals surface area contributed by atoms with Crippen LogP contribution in [0.3, 0.4) is 0 Å². The molecular weight excluding hydrogens is 625 g/mol. The zero-order valence-electron chi connectivity index (χ0n) is 24.5. The van der Waals surface area contributed by atoms with Crippen LogP contribution in [0.25, 0.3) is 32.1 Å². The van der Waals surface area contributed by atoms with E-state index in [0.717, 1.165) is 50.0 Å². The Kier molecular flexibility index (Phi) is 6.75. The summed E-state index contributed by atoms with van der Waals surface area (Å²) < 4.78 is 59.3. The van der Waals surface area contributed by atoms with Gasteiger partial charge in [-0.25, -0.2) is 13.2 Å². The van der Waals surface area contributed by atoms with E-state index in [0.29, 0.717) is 30.8 Å². The highest BCUT2D eigenvalue weighted by molar-refractivity contribution is 7.23. The van der Waals surface area contributed by atoms with Gasteiger partial charge in [0.15, 0.2) is 11.6 Å². The number of nitrogens with two attached hydrogens (primary N) is 1. The first kappa shape index (κ1) is 28.9. The van der Waals surface area contributed by atoms with E-state index >= 15 is 4.39 Å². The summed E-state index contributed by atoms with van der Waals surface area (Å²) in [6, 6.07) is 4.74. The molecule has 4 atom stereocenters. The van der Waals surface area contributed by atoms with Gasteiger partial charge in [-0.05, 0) is 43.9 Å². The SMILES string of the molecule is CN1c2nc(OC[C@@]34CCCN3C[C@H](F)C4)nc3c(F)c(-c4ccc(F)c5sc(N)c(C#N)c45)c(Cl)c(c23)OCC2CCCC21. The molecule has 2 aromatic heterocycles. The van der Waals surface area contributed by atoms with Crippen LogP contribution in [0.15, 0.2) is 12.1 Å². The van der Waals surface area contributed by atoms with Gasteiger partial charge in [-0.2, -0.15) is 15.2 Å². The molecule has 4 aromatic rings. The Balaban J connectivity index is 1.35. The smallest absolute Gasteiger partial charge is 0.319 e. The number of alkyl halides is 1. The second-order valence-corrected chi connectivity index (χ2v) is 14.1. The summed E-state index contributed by atoms with van der Waals surface area (Å²) in [7, 11) is 1.93. The fraction of sp³-hybridized carbons (Fsp3) is 0.469. The number of anilines is 2. The Hall–Kier alpha value is -3.53. The van der Waals surface area contributed by atoms with Crippen molar-refractivity contribution in [3.05, 3.63) is 34.4 Å². The van der Waals surface area contributed by atoms with Gasteiger partial charge in [0.05, 0.1) is 32.8 Å². The number of fused-ring (bicyclic) bond motifs is 3. The number of nitrogen functional groups attached to an aromatic ring is 1. The fourth-order valence-corrected chi connectivity index (χ4v) is 9.44. The van der Waals surface area contributed by atoms with Crippen LogP contribution in [-0.4, -0.2) is 66.0 Å². The zero-order valence-corrected chi connectivity index (χ0v) is 26.1. The fourth-order valence-electron chi connectivity index (χ4n) is 8.15. The molecule has 2 aromatic carbocycles. The lowest BCUT2D eigenvalue weighted by molar-refractivity contribution is 0.107. The van der Waals surface area contributed by atoms with Gasteiger partial charge in [-0.1, -0.05) is 24.1 Å². The van der Waals surface area contributed by atoms with Crippen LogP contribution in [0, 0.1) is 28.9 Å². The first-order valence-corrected chi connectivity index (χ1v) is 16.4. The molecule has 13 heteroatoms. The lowest BCUT2D eigenvalue weighted by Gasteiger charge is -2.35. The number of nitrogens with zero attached hydrogens (tertiary/aromatic N) is 5. The Morgan fingerprint density at radius 3 is 2.91 bits per heavy atom. The Morgan fingerprint density at radius 2 is 2.09 bits per heavy atom. The minimum atomic E-state index is -0.927. The number of halogens is 4. The molecular formula is C32H30ClF3N6O2S. The minimum absolute atomic E-state index is 0.0228. The highest BCUT2D eigenvalue weighted by Crippen LogP contribution is 2.52. The molecule has 3 fully saturated rings. The molecule has 4 aliphatic rings. The molecule has 8 nitrogen and oxygen atoms in total. The van der Waals surface area contributed by atoms with Crippen molar-refractivity contribution in [3.63, 3.8) is 0 Å². The Bertz CT molecular complexity index is 1930. The van der Waals surface area contributed by atoms with E-state index in [1.165, 1.54) is 12.1 Å². The van der Waals surface area contributed by atoms with E-state index in [-0.39, 0.29) is 72.6 Å². The summed E-state index contributed by atoms with van der Waals surface area (Å²) in [6.07, 6.45) is 4.09. The Labute approximate surface area is 266 Å². The van der Waals surface area contributed by atoms with E-state index in [2.05, 4.69) is 9.88 Å². The third kappa shape index (κ3) is 4.27. The van der Waals surface area contributed by atoms with Crippen molar-refractivity contribution >= 4 is 54.7 Å². The number of hydrogen-bond donors (Lipinski definition) is 1. The van der Waals surface area contributed by atoms with Gasteiger partial charge in [-0.15, -0.1) is 11.3 Å². The van der Waals surface area contributed by atoms with Crippen LogP contribution in [-0.2, 0) is 0 Å². The number of hydrogen-bond acceptors (Lipinski definition) is 9. The van der Waals surface area contributed by atoms with Gasteiger partial charge in [0.2, 0.25) is 0 Å². The Morgan fingerprint density at radius 1 is 1.24 bits per heavy atom. The lowest BCUT2D eigenvalue weighted by atomic mass is 9.95. The summed E-state index contributed by atoms with van der Waals surface area (Å²) in [6.45, 7) is 1.72. The molecule has 1 saturated carbocycles. The van der Waals surface area contributed by atoms with Crippen LogP contribution in [0.4, 0.5) is 24.0 Å². The van der Waals surface area contributed by atoms with Gasteiger partial charge >= 0.3 is 6.01 Å². The third-order valence-corrected chi connectivity index (χ3v) is 11.7. The average Bonchev–Trinajstić information content (AvgIpc) is 3.78. The van der Waals surface area contributed by atoms with E-state index < -0.39 is 23.3 Å². The normalized spacial score (nSPS) is 26.0. The zero-order chi connectivity index (χ0) is 31.2. The van der Waals surface area contributed by atoms with Crippen LogP contribution < -0.4 is 20.1 Å². The van der Waals surface area contributed by atoms with E-state index in [1.54, 1.807) is 0 Å². The second kappa shape index (κ2) is 10.5. The molecule has 45 heavy (non-hydrogen) atoms. The molecule has 2 saturated heterocycles. The van der Waals surface area contributed by atoms with Gasteiger partial charge in [0.1, 0.15) is 41.0 Å². The van der Waals surface area contributed by atoms with Crippen LogP contribution in [0.1, 0.15) is 44.1 Å². The maximum Gasteiger partial charge on any atom is 0.319 e. The molecule has 0 radical (unpaired) electrons. The van der Waals surface area contributed by atoms with Crippen molar-refractivity contribution in [3.8, 4) is 29.0 Å². The third-order valence-electron chi connectivity index (χ3n) is 10.3. The average molecular weight is 655 g/mol. The first-order valence-electron chi connectivity index (χ1n) is 15.2. The molecule has 234 valence electrons. The van der Waals surface area contributed by atoms with Crippen molar-refractivity contribution in [1.82, 2.24) is 14.9 Å². The van der Waals surface area contributed by atoms with Crippen molar-refractivity contribution in [1.29, 1.82) is 5.26 Å². The number of nitriles is 1. The molecule has 1 aliphatic carbocycles. The van der Waals surface area contributed by atoms with E-state index in [9.17, 15) is 14.0 Å². The van der Waals surface area contributed by atoms with Crippen molar-refractivity contribution < 1.29 is 22.6 Å².